The summed E-state index contributed by atoms with van der Waals surface area (Å²) in [5.41, 5.74) is 0.489. The normalized spacial score (nSPS) is 10.4. The predicted octanol–water partition coefficient (Wildman–Crippen LogP) is 3.56. The topological polar surface area (TPSA) is 40.5 Å². The molecule has 0 saturated carbocycles. The zero-order valence-corrected chi connectivity index (χ0v) is 8.87. The van der Waals surface area contributed by atoms with Crippen molar-refractivity contribution in [1.82, 2.24) is 0 Å². The number of rotatable bonds is 1. The third kappa shape index (κ3) is 1.95. The highest BCUT2D eigenvalue weighted by Crippen LogP contribution is 2.34. The van der Waals surface area contributed by atoms with Crippen LogP contribution in [0.1, 0.15) is 0 Å². The Morgan fingerprint density at radius 2 is 1.69 bits per heavy atom. The van der Waals surface area contributed by atoms with Crippen molar-refractivity contribution in [3.8, 4) is 22.6 Å². The van der Waals surface area contributed by atoms with Crippen molar-refractivity contribution >= 4 is 11.6 Å². The summed E-state index contributed by atoms with van der Waals surface area (Å²) in [6.45, 7) is 0. The number of hydrogen-bond donors (Lipinski definition) is 2. The second-order valence-corrected chi connectivity index (χ2v) is 3.76. The Labute approximate surface area is 96.5 Å². The van der Waals surface area contributed by atoms with Crippen LogP contribution < -0.4 is 0 Å². The van der Waals surface area contributed by atoms with Gasteiger partial charge in [0.15, 0.2) is 0 Å². The minimum atomic E-state index is -0.613. The van der Waals surface area contributed by atoms with E-state index in [9.17, 15) is 9.50 Å². The van der Waals surface area contributed by atoms with Gasteiger partial charge in [0, 0.05) is 22.2 Å². The summed E-state index contributed by atoms with van der Waals surface area (Å²) in [5, 5.41) is 19.1. The Morgan fingerprint density at radius 1 is 0.938 bits per heavy atom. The van der Waals surface area contributed by atoms with E-state index < -0.39 is 5.82 Å². The van der Waals surface area contributed by atoms with Crippen LogP contribution in [-0.4, -0.2) is 10.2 Å². The molecule has 4 heteroatoms. The van der Waals surface area contributed by atoms with Crippen LogP contribution in [0, 0.1) is 5.82 Å². The summed E-state index contributed by atoms with van der Waals surface area (Å²) >= 11 is 5.77. The molecular formula is C12H8ClFO2. The fraction of sp³-hybridized carbons (Fsp3) is 0. The van der Waals surface area contributed by atoms with Crippen molar-refractivity contribution in [2.24, 2.45) is 0 Å². The first kappa shape index (κ1) is 10.8. The van der Waals surface area contributed by atoms with Crippen LogP contribution >= 0.6 is 11.6 Å². The molecule has 0 aromatic heterocycles. The lowest BCUT2D eigenvalue weighted by atomic mass is 10.0. The highest BCUT2D eigenvalue weighted by molar-refractivity contribution is 6.31. The average molecular weight is 239 g/mol. The fourth-order valence-corrected chi connectivity index (χ4v) is 1.62. The first-order chi connectivity index (χ1) is 7.58. The van der Waals surface area contributed by atoms with Gasteiger partial charge in [0.05, 0.1) is 0 Å². The third-order valence-electron chi connectivity index (χ3n) is 2.20. The average Bonchev–Trinajstić information content (AvgIpc) is 2.22. The minimum absolute atomic E-state index is 0.0611. The van der Waals surface area contributed by atoms with Gasteiger partial charge in [-0.1, -0.05) is 11.6 Å². The maximum atomic E-state index is 13.5. The number of phenolic OH excluding ortho intramolecular Hbond substituents is 2. The molecule has 2 rings (SSSR count). The zero-order valence-electron chi connectivity index (χ0n) is 8.11. The molecule has 2 N–H and O–H groups in total. The monoisotopic (exact) mass is 238 g/mol. The summed E-state index contributed by atoms with van der Waals surface area (Å²) in [6, 6.07) is 8.08. The number of aromatic hydroxyl groups is 2. The first-order valence-corrected chi connectivity index (χ1v) is 4.93. The molecule has 2 aromatic rings. The molecule has 2 aromatic carbocycles. The van der Waals surface area contributed by atoms with Crippen LogP contribution in [0.3, 0.4) is 0 Å². The van der Waals surface area contributed by atoms with Crippen molar-refractivity contribution in [3.63, 3.8) is 0 Å². The van der Waals surface area contributed by atoms with Gasteiger partial charge in [0.1, 0.15) is 17.3 Å². The van der Waals surface area contributed by atoms with Crippen LogP contribution in [0.25, 0.3) is 11.1 Å². The minimum Gasteiger partial charge on any atom is -0.508 e. The van der Waals surface area contributed by atoms with Gasteiger partial charge in [0.2, 0.25) is 0 Å². The van der Waals surface area contributed by atoms with E-state index in [1.54, 1.807) is 0 Å². The van der Waals surface area contributed by atoms with E-state index in [1.165, 1.54) is 30.3 Å². The molecule has 0 unspecified atom stereocenters. The van der Waals surface area contributed by atoms with Crippen LogP contribution in [0.2, 0.25) is 5.02 Å². The number of hydrogen-bond acceptors (Lipinski definition) is 2. The Kier molecular flexibility index (Phi) is 2.71. The molecule has 0 saturated heterocycles. The Morgan fingerprint density at radius 3 is 2.38 bits per heavy atom. The standard InChI is InChI=1S/C12H8ClFO2/c13-7-1-4-12(16)10(5-7)9-3-2-8(15)6-11(9)14/h1-6,15-16H. The number of halogens is 2. The predicted molar refractivity (Wildman–Crippen MR) is 60.2 cm³/mol. The van der Waals surface area contributed by atoms with Crippen LogP contribution in [0.5, 0.6) is 11.5 Å². The van der Waals surface area contributed by atoms with E-state index in [0.29, 0.717) is 10.6 Å². The van der Waals surface area contributed by atoms with E-state index in [2.05, 4.69) is 0 Å². The SMILES string of the molecule is Oc1ccc(-c2cc(Cl)ccc2O)c(F)c1. The summed E-state index contributed by atoms with van der Waals surface area (Å²) in [6.07, 6.45) is 0. The molecule has 82 valence electrons. The molecule has 2 nitrogen and oxygen atoms in total. The van der Waals surface area contributed by atoms with Gasteiger partial charge in [0.25, 0.3) is 0 Å². The zero-order chi connectivity index (χ0) is 11.7. The second kappa shape index (κ2) is 4.02. The molecule has 0 heterocycles. The molecule has 0 aliphatic carbocycles. The van der Waals surface area contributed by atoms with Gasteiger partial charge in [-0.15, -0.1) is 0 Å². The second-order valence-electron chi connectivity index (χ2n) is 3.33. The van der Waals surface area contributed by atoms with E-state index >= 15 is 0 Å². The van der Waals surface area contributed by atoms with Crippen LogP contribution in [0.4, 0.5) is 4.39 Å². The lowest BCUT2D eigenvalue weighted by molar-refractivity contribution is 0.468. The molecule has 0 aliphatic rings. The van der Waals surface area contributed by atoms with Crippen molar-refractivity contribution in [3.05, 3.63) is 47.2 Å². The summed E-state index contributed by atoms with van der Waals surface area (Å²) in [5.74, 6) is -0.839. The van der Waals surface area contributed by atoms with E-state index in [4.69, 9.17) is 16.7 Å². The van der Waals surface area contributed by atoms with Gasteiger partial charge >= 0.3 is 0 Å². The lowest BCUT2D eigenvalue weighted by Gasteiger charge is -2.06. The summed E-state index contributed by atoms with van der Waals surface area (Å²) < 4.78 is 13.5. The molecule has 0 spiro atoms. The first-order valence-electron chi connectivity index (χ1n) is 4.55. The van der Waals surface area contributed by atoms with Crippen LogP contribution in [-0.2, 0) is 0 Å². The van der Waals surface area contributed by atoms with Crippen molar-refractivity contribution in [2.75, 3.05) is 0 Å². The highest BCUT2D eigenvalue weighted by Gasteiger charge is 2.10. The Hall–Kier alpha value is -1.74. The van der Waals surface area contributed by atoms with Gasteiger partial charge < -0.3 is 10.2 Å². The maximum Gasteiger partial charge on any atom is 0.134 e. The molecule has 0 aliphatic heterocycles. The number of benzene rings is 2. The van der Waals surface area contributed by atoms with E-state index in [0.717, 1.165) is 6.07 Å². The largest absolute Gasteiger partial charge is 0.508 e. The number of phenols is 2. The van der Waals surface area contributed by atoms with Crippen molar-refractivity contribution < 1.29 is 14.6 Å². The Bertz CT molecular complexity index is 541. The van der Waals surface area contributed by atoms with Crippen molar-refractivity contribution in [1.29, 1.82) is 0 Å². The molecule has 16 heavy (non-hydrogen) atoms. The summed E-state index contributed by atoms with van der Waals surface area (Å²) in [7, 11) is 0. The quantitative estimate of drug-likeness (QED) is 0.798. The van der Waals surface area contributed by atoms with Gasteiger partial charge in [-0.3, -0.25) is 0 Å². The van der Waals surface area contributed by atoms with Crippen LogP contribution in [0.15, 0.2) is 36.4 Å². The molecule has 0 atom stereocenters. The molecule has 0 amide bonds. The molecule has 0 radical (unpaired) electrons. The third-order valence-corrected chi connectivity index (χ3v) is 2.44. The molecular weight excluding hydrogens is 231 g/mol. The summed E-state index contributed by atoms with van der Waals surface area (Å²) in [4.78, 5) is 0. The van der Waals surface area contributed by atoms with Gasteiger partial charge in [-0.2, -0.15) is 0 Å². The Balaban J connectivity index is 2.62. The molecule has 0 bridgehead atoms. The highest BCUT2D eigenvalue weighted by atomic mass is 35.5. The maximum absolute atomic E-state index is 13.5. The van der Waals surface area contributed by atoms with E-state index in [-0.39, 0.29) is 17.1 Å². The molecule has 0 fully saturated rings. The fourth-order valence-electron chi connectivity index (χ4n) is 1.45. The van der Waals surface area contributed by atoms with Crippen molar-refractivity contribution in [2.45, 2.75) is 0 Å². The van der Waals surface area contributed by atoms with Gasteiger partial charge in [-0.25, -0.2) is 4.39 Å². The lowest BCUT2D eigenvalue weighted by Crippen LogP contribution is -1.85. The smallest absolute Gasteiger partial charge is 0.134 e. The van der Waals surface area contributed by atoms with Gasteiger partial charge in [-0.05, 0) is 30.3 Å². The van der Waals surface area contributed by atoms with E-state index in [1.807, 2.05) is 0 Å².